The third-order valence-electron chi connectivity index (χ3n) is 5.12. The van der Waals surface area contributed by atoms with E-state index in [1.54, 1.807) is 0 Å². The number of aliphatic hydroxyl groups is 2. The molecule has 0 radical (unpaired) electrons. The molecule has 1 aromatic carbocycles. The predicted octanol–water partition coefficient (Wildman–Crippen LogP) is 3.22. The van der Waals surface area contributed by atoms with Crippen LogP contribution in [0.5, 0.6) is 0 Å². The Balaban J connectivity index is 2.19. The number of aliphatic hydroxyl groups excluding tert-OH is 2. The molecule has 1 aromatic rings. The fraction of sp³-hybridized carbons (Fsp3) is 0.625. The third kappa shape index (κ3) is 3.01. The maximum atomic E-state index is 14.0. The van der Waals surface area contributed by atoms with E-state index >= 15 is 0 Å². The summed E-state index contributed by atoms with van der Waals surface area (Å²) in [5.74, 6) is -4.14. The van der Waals surface area contributed by atoms with Gasteiger partial charge < -0.3 is 10.2 Å². The zero-order valence-electron chi connectivity index (χ0n) is 13.4. The zero-order chi connectivity index (χ0) is 19.5. The van der Waals surface area contributed by atoms with Crippen molar-refractivity contribution in [2.75, 3.05) is 0 Å². The van der Waals surface area contributed by atoms with Gasteiger partial charge in [-0.05, 0) is 42.4 Å². The summed E-state index contributed by atoms with van der Waals surface area (Å²) in [7, 11) is -5.89. The minimum absolute atomic E-state index is 0.249. The number of sulfone groups is 1. The quantitative estimate of drug-likeness (QED) is 0.748. The number of alkyl halides is 5. The van der Waals surface area contributed by atoms with E-state index in [1.807, 2.05) is 0 Å². The molecule has 10 heteroatoms. The van der Waals surface area contributed by atoms with Crippen LogP contribution in [-0.2, 0) is 16.3 Å². The standard InChI is InChI=1S/C16H17F5O4S/c17-15(18)7-11-10(8-2-1-3-9(22)6-8)4-5-12(13(11)14(15)23)26(24,25)16(19,20)21/h4-5,8-9,14,22-23H,1-3,6-7H2/t8-,9+,14-/m0/s1. The molecule has 2 aliphatic carbocycles. The topological polar surface area (TPSA) is 74.6 Å². The van der Waals surface area contributed by atoms with Crippen LogP contribution in [0, 0.1) is 0 Å². The summed E-state index contributed by atoms with van der Waals surface area (Å²) >= 11 is 0. The summed E-state index contributed by atoms with van der Waals surface area (Å²) in [6, 6.07) is 1.75. The van der Waals surface area contributed by atoms with Crippen molar-refractivity contribution >= 4 is 9.84 Å². The van der Waals surface area contributed by atoms with Crippen molar-refractivity contribution in [3.63, 3.8) is 0 Å². The number of halogens is 5. The first-order valence-electron chi connectivity index (χ1n) is 8.07. The molecule has 0 saturated heterocycles. The van der Waals surface area contributed by atoms with Crippen LogP contribution in [0.4, 0.5) is 22.0 Å². The van der Waals surface area contributed by atoms with Crippen LogP contribution in [0.15, 0.2) is 17.0 Å². The molecule has 0 unspecified atom stereocenters. The van der Waals surface area contributed by atoms with Crippen molar-refractivity contribution in [2.24, 2.45) is 0 Å². The maximum absolute atomic E-state index is 14.0. The molecule has 3 atom stereocenters. The molecule has 26 heavy (non-hydrogen) atoms. The smallest absolute Gasteiger partial charge is 0.393 e. The highest BCUT2D eigenvalue weighted by Crippen LogP contribution is 2.51. The van der Waals surface area contributed by atoms with Gasteiger partial charge in [0.2, 0.25) is 0 Å². The lowest BCUT2D eigenvalue weighted by Gasteiger charge is -2.28. The summed E-state index contributed by atoms with van der Waals surface area (Å²) in [5, 5.41) is 19.7. The fourth-order valence-electron chi connectivity index (χ4n) is 3.89. The van der Waals surface area contributed by atoms with E-state index in [0.29, 0.717) is 25.3 Å². The zero-order valence-corrected chi connectivity index (χ0v) is 14.2. The lowest BCUT2D eigenvalue weighted by atomic mass is 9.80. The Morgan fingerprint density at radius 1 is 1.12 bits per heavy atom. The van der Waals surface area contributed by atoms with Crippen molar-refractivity contribution in [2.45, 2.75) is 66.6 Å². The summed E-state index contributed by atoms with van der Waals surface area (Å²) < 4.78 is 90.4. The fourth-order valence-corrected chi connectivity index (χ4v) is 4.91. The molecule has 0 bridgehead atoms. The van der Waals surface area contributed by atoms with Crippen molar-refractivity contribution in [3.8, 4) is 0 Å². The summed E-state index contributed by atoms with van der Waals surface area (Å²) in [4.78, 5) is -1.33. The second kappa shape index (κ2) is 6.13. The number of hydrogen-bond acceptors (Lipinski definition) is 4. The van der Waals surface area contributed by atoms with E-state index < -0.39 is 50.4 Å². The Morgan fingerprint density at radius 2 is 1.77 bits per heavy atom. The average Bonchev–Trinajstić information content (AvgIpc) is 2.75. The van der Waals surface area contributed by atoms with Crippen LogP contribution >= 0.6 is 0 Å². The first-order valence-corrected chi connectivity index (χ1v) is 9.55. The Labute approximate surface area is 146 Å². The lowest BCUT2D eigenvalue weighted by molar-refractivity contribution is -0.0978. The predicted molar refractivity (Wildman–Crippen MR) is 80.5 cm³/mol. The van der Waals surface area contributed by atoms with Gasteiger partial charge in [-0.3, -0.25) is 0 Å². The third-order valence-corrected chi connectivity index (χ3v) is 6.66. The van der Waals surface area contributed by atoms with Gasteiger partial charge in [-0.1, -0.05) is 12.5 Å². The summed E-state index contributed by atoms with van der Waals surface area (Å²) in [6.07, 6.45) is -2.38. The molecule has 0 spiro atoms. The van der Waals surface area contributed by atoms with E-state index in [2.05, 4.69) is 0 Å². The van der Waals surface area contributed by atoms with E-state index in [4.69, 9.17) is 0 Å². The monoisotopic (exact) mass is 400 g/mol. The number of hydrogen-bond donors (Lipinski definition) is 2. The van der Waals surface area contributed by atoms with Gasteiger partial charge in [-0.25, -0.2) is 17.2 Å². The molecule has 2 aliphatic rings. The Kier molecular flexibility index (Phi) is 4.60. The molecular weight excluding hydrogens is 383 g/mol. The van der Waals surface area contributed by atoms with Gasteiger partial charge in [0, 0.05) is 12.0 Å². The molecule has 2 N–H and O–H groups in total. The maximum Gasteiger partial charge on any atom is 0.501 e. The van der Waals surface area contributed by atoms with Crippen molar-refractivity contribution in [3.05, 3.63) is 28.8 Å². The normalized spacial score (nSPS) is 28.8. The van der Waals surface area contributed by atoms with Crippen LogP contribution in [-0.4, -0.2) is 36.2 Å². The highest BCUT2D eigenvalue weighted by atomic mass is 32.2. The lowest BCUT2D eigenvalue weighted by Crippen LogP contribution is -2.27. The van der Waals surface area contributed by atoms with Gasteiger partial charge in [-0.2, -0.15) is 13.2 Å². The molecule has 0 amide bonds. The van der Waals surface area contributed by atoms with Gasteiger partial charge in [0.25, 0.3) is 15.8 Å². The SMILES string of the molecule is O=S(=O)(c1ccc([C@H]2CCC[C@@H](O)C2)c2c1[C@H](O)C(F)(F)C2)C(F)(F)F. The van der Waals surface area contributed by atoms with E-state index in [1.165, 1.54) is 0 Å². The van der Waals surface area contributed by atoms with Crippen molar-refractivity contribution in [1.29, 1.82) is 0 Å². The Bertz CT molecular complexity index is 819. The van der Waals surface area contributed by atoms with Gasteiger partial charge in [0.15, 0.2) is 0 Å². The number of fused-ring (bicyclic) bond motifs is 1. The highest BCUT2D eigenvalue weighted by Gasteiger charge is 2.55. The van der Waals surface area contributed by atoms with Crippen LogP contribution in [0.3, 0.4) is 0 Å². The van der Waals surface area contributed by atoms with Gasteiger partial charge in [-0.15, -0.1) is 0 Å². The molecular formula is C16H17F5O4S. The minimum Gasteiger partial charge on any atom is -0.393 e. The van der Waals surface area contributed by atoms with Crippen molar-refractivity contribution in [1.82, 2.24) is 0 Å². The second-order valence-corrected chi connectivity index (χ2v) is 8.76. The van der Waals surface area contributed by atoms with E-state index in [9.17, 15) is 40.6 Å². The van der Waals surface area contributed by atoms with E-state index in [0.717, 1.165) is 6.07 Å². The molecule has 146 valence electrons. The first kappa shape index (κ1) is 19.5. The van der Waals surface area contributed by atoms with Crippen molar-refractivity contribution < 1.29 is 40.6 Å². The van der Waals surface area contributed by atoms with Gasteiger partial charge >= 0.3 is 5.51 Å². The summed E-state index contributed by atoms with van der Waals surface area (Å²) in [5.41, 5.74) is -6.52. The van der Waals surface area contributed by atoms with Crippen LogP contribution in [0.2, 0.25) is 0 Å². The molecule has 1 saturated carbocycles. The highest BCUT2D eigenvalue weighted by molar-refractivity contribution is 7.92. The largest absolute Gasteiger partial charge is 0.501 e. The van der Waals surface area contributed by atoms with Crippen LogP contribution < -0.4 is 0 Å². The molecule has 1 fully saturated rings. The average molecular weight is 400 g/mol. The summed E-state index contributed by atoms with van der Waals surface area (Å²) in [6.45, 7) is 0. The Hall–Kier alpha value is -1.26. The Morgan fingerprint density at radius 3 is 2.35 bits per heavy atom. The van der Waals surface area contributed by atoms with Crippen LogP contribution in [0.1, 0.15) is 54.4 Å². The van der Waals surface area contributed by atoms with Gasteiger partial charge in [0.05, 0.1) is 11.0 Å². The van der Waals surface area contributed by atoms with Gasteiger partial charge in [0.1, 0.15) is 6.10 Å². The number of benzene rings is 1. The van der Waals surface area contributed by atoms with Crippen LogP contribution in [0.25, 0.3) is 0 Å². The molecule has 0 aromatic heterocycles. The molecule has 4 nitrogen and oxygen atoms in total. The second-order valence-electron chi connectivity index (χ2n) is 6.85. The molecule has 0 aliphatic heterocycles. The molecule has 3 rings (SSSR count). The minimum atomic E-state index is -5.89. The molecule has 0 heterocycles. The first-order chi connectivity index (χ1) is 11.9. The van der Waals surface area contributed by atoms with E-state index in [-0.39, 0.29) is 23.5 Å². The number of rotatable bonds is 2.